The van der Waals surface area contributed by atoms with Crippen molar-refractivity contribution < 1.29 is 9.53 Å². The van der Waals surface area contributed by atoms with Crippen LogP contribution in [0.3, 0.4) is 0 Å². The van der Waals surface area contributed by atoms with E-state index in [-0.39, 0.29) is 6.10 Å². The normalized spacial score (nSPS) is 40.8. The number of carbonyl (C=O) groups excluding carboxylic acids is 1. The van der Waals surface area contributed by atoms with E-state index in [1.807, 2.05) is 6.07 Å². The molecule has 1 atom stereocenters. The molecule has 5 aliphatic rings. The second kappa shape index (κ2) is 5.87. The van der Waals surface area contributed by atoms with E-state index < -0.39 is 0 Å². The first-order valence-corrected chi connectivity index (χ1v) is 9.73. The number of rotatable bonds is 2. The summed E-state index contributed by atoms with van der Waals surface area (Å²) >= 11 is 0. The SMILES string of the molecule is O=C(C1C2CC3CC(C2)CC1C3)N1CCOC(c2ccccc2)C1. The van der Waals surface area contributed by atoms with Crippen LogP contribution >= 0.6 is 0 Å². The molecule has 3 heteroatoms. The Balaban J connectivity index is 1.32. The zero-order chi connectivity index (χ0) is 16.1. The van der Waals surface area contributed by atoms with Gasteiger partial charge in [0.25, 0.3) is 0 Å². The molecule has 24 heavy (non-hydrogen) atoms. The van der Waals surface area contributed by atoms with Crippen LogP contribution in [0, 0.1) is 29.6 Å². The Morgan fingerprint density at radius 1 is 0.958 bits per heavy atom. The summed E-state index contributed by atoms with van der Waals surface area (Å²) in [5.74, 6) is 3.95. The van der Waals surface area contributed by atoms with Crippen LogP contribution in [0.25, 0.3) is 0 Å². The van der Waals surface area contributed by atoms with E-state index in [1.54, 1.807) is 0 Å². The molecule has 1 saturated heterocycles. The number of hydrogen-bond acceptors (Lipinski definition) is 2. The third kappa shape index (κ3) is 2.48. The van der Waals surface area contributed by atoms with Crippen molar-refractivity contribution in [3.63, 3.8) is 0 Å². The molecule has 4 bridgehead atoms. The lowest BCUT2D eigenvalue weighted by Gasteiger charge is -2.54. The van der Waals surface area contributed by atoms with Gasteiger partial charge in [0.15, 0.2) is 0 Å². The van der Waals surface area contributed by atoms with E-state index in [0.717, 1.165) is 24.9 Å². The molecule has 3 nitrogen and oxygen atoms in total. The Morgan fingerprint density at radius 3 is 2.29 bits per heavy atom. The van der Waals surface area contributed by atoms with Gasteiger partial charge in [0.1, 0.15) is 6.10 Å². The Hall–Kier alpha value is -1.35. The van der Waals surface area contributed by atoms with Crippen molar-refractivity contribution in [1.29, 1.82) is 0 Å². The molecule has 0 aromatic heterocycles. The maximum absolute atomic E-state index is 13.3. The molecule has 6 rings (SSSR count). The van der Waals surface area contributed by atoms with Gasteiger partial charge in [-0.3, -0.25) is 4.79 Å². The van der Waals surface area contributed by atoms with Crippen molar-refractivity contribution in [2.24, 2.45) is 29.6 Å². The van der Waals surface area contributed by atoms with Crippen LogP contribution in [0.15, 0.2) is 30.3 Å². The van der Waals surface area contributed by atoms with Gasteiger partial charge in [-0.1, -0.05) is 30.3 Å². The van der Waals surface area contributed by atoms with Gasteiger partial charge in [-0.05, 0) is 61.3 Å². The predicted molar refractivity (Wildman–Crippen MR) is 92.3 cm³/mol. The Labute approximate surface area is 144 Å². The minimum Gasteiger partial charge on any atom is -0.370 e. The Kier molecular flexibility index (Phi) is 3.66. The van der Waals surface area contributed by atoms with Gasteiger partial charge in [0.2, 0.25) is 5.91 Å². The molecule has 4 aliphatic carbocycles. The van der Waals surface area contributed by atoms with Crippen molar-refractivity contribution in [2.75, 3.05) is 19.7 Å². The molecule has 1 unspecified atom stereocenters. The summed E-state index contributed by atoms with van der Waals surface area (Å²) in [6, 6.07) is 10.4. The van der Waals surface area contributed by atoms with Crippen LogP contribution in [-0.4, -0.2) is 30.5 Å². The van der Waals surface area contributed by atoms with Gasteiger partial charge in [-0.25, -0.2) is 0 Å². The van der Waals surface area contributed by atoms with Crippen molar-refractivity contribution in [2.45, 2.75) is 38.2 Å². The van der Waals surface area contributed by atoms with E-state index in [2.05, 4.69) is 29.2 Å². The van der Waals surface area contributed by atoms with Crippen molar-refractivity contribution in [1.82, 2.24) is 4.90 Å². The molecular weight excluding hydrogens is 298 g/mol. The van der Waals surface area contributed by atoms with Crippen LogP contribution in [0.4, 0.5) is 0 Å². The van der Waals surface area contributed by atoms with Crippen molar-refractivity contribution in [3.8, 4) is 0 Å². The maximum Gasteiger partial charge on any atom is 0.226 e. The molecule has 0 spiro atoms. The average molecular weight is 325 g/mol. The van der Waals surface area contributed by atoms with E-state index in [4.69, 9.17) is 4.74 Å². The van der Waals surface area contributed by atoms with E-state index in [0.29, 0.717) is 30.3 Å². The maximum atomic E-state index is 13.3. The highest BCUT2D eigenvalue weighted by atomic mass is 16.5. The standard InChI is InChI=1S/C21H27NO2/c23-21(20-17-9-14-8-15(11-17)12-18(20)10-14)22-6-7-24-19(13-22)16-4-2-1-3-5-16/h1-5,14-15,17-20H,6-13H2. The van der Waals surface area contributed by atoms with Gasteiger partial charge in [0, 0.05) is 12.5 Å². The monoisotopic (exact) mass is 325 g/mol. The molecular formula is C21H27NO2. The van der Waals surface area contributed by atoms with Gasteiger partial charge in [0.05, 0.1) is 13.2 Å². The van der Waals surface area contributed by atoms with Crippen LogP contribution in [-0.2, 0) is 9.53 Å². The number of carbonyl (C=O) groups is 1. The molecule has 1 heterocycles. The first kappa shape index (κ1) is 14.9. The molecule has 1 amide bonds. The number of nitrogens with zero attached hydrogens (tertiary/aromatic N) is 1. The van der Waals surface area contributed by atoms with Gasteiger partial charge in [-0.15, -0.1) is 0 Å². The molecule has 4 saturated carbocycles. The lowest BCUT2D eigenvalue weighted by molar-refractivity contribution is -0.156. The van der Waals surface area contributed by atoms with Crippen LogP contribution in [0.1, 0.15) is 43.8 Å². The van der Waals surface area contributed by atoms with Gasteiger partial charge in [-0.2, -0.15) is 0 Å². The molecule has 128 valence electrons. The summed E-state index contributed by atoms with van der Waals surface area (Å²) in [5.41, 5.74) is 1.19. The van der Waals surface area contributed by atoms with Crippen LogP contribution in [0.2, 0.25) is 0 Å². The minimum atomic E-state index is 0.0423. The van der Waals surface area contributed by atoms with Crippen molar-refractivity contribution >= 4 is 5.91 Å². The number of amides is 1. The van der Waals surface area contributed by atoms with Gasteiger partial charge < -0.3 is 9.64 Å². The molecule has 0 radical (unpaired) electrons. The Morgan fingerprint density at radius 2 is 1.62 bits per heavy atom. The highest BCUT2D eigenvalue weighted by Crippen LogP contribution is 2.57. The molecule has 1 aromatic carbocycles. The Bertz CT molecular complexity index is 586. The lowest BCUT2D eigenvalue weighted by Crippen LogP contribution is -2.54. The minimum absolute atomic E-state index is 0.0423. The molecule has 1 aliphatic heterocycles. The number of morpholine rings is 1. The second-order valence-corrected chi connectivity index (χ2v) is 8.51. The second-order valence-electron chi connectivity index (χ2n) is 8.51. The highest BCUT2D eigenvalue weighted by molar-refractivity contribution is 5.80. The van der Waals surface area contributed by atoms with Gasteiger partial charge >= 0.3 is 0 Å². The summed E-state index contributed by atoms with van der Waals surface area (Å²) in [5, 5.41) is 0. The summed E-state index contributed by atoms with van der Waals surface area (Å²) in [6.45, 7) is 2.16. The van der Waals surface area contributed by atoms with E-state index in [9.17, 15) is 4.79 Å². The fourth-order valence-electron chi connectivity index (χ4n) is 6.26. The fraction of sp³-hybridized carbons (Fsp3) is 0.667. The summed E-state index contributed by atoms with van der Waals surface area (Å²) in [7, 11) is 0. The summed E-state index contributed by atoms with van der Waals surface area (Å²) in [6.07, 6.45) is 6.75. The highest BCUT2D eigenvalue weighted by Gasteiger charge is 2.51. The van der Waals surface area contributed by atoms with Crippen LogP contribution < -0.4 is 0 Å². The smallest absolute Gasteiger partial charge is 0.226 e. The first-order chi connectivity index (χ1) is 11.8. The van der Waals surface area contributed by atoms with E-state index in [1.165, 1.54) is 37.7 Å². The summed E-state index contributed by atoms with van der Waals surface area (Å²) < 4.78 is 5.96. The topological polar surface area (TPSA) is 29.5 Å². The fourth-order valence-corrected chi connectivity index (χ4v) is 6.26. The third-order valence-corrected chi connectivity index (χ3v) is 7.06. The average Bonchev–Trinajstić information content (AvgIpc) is 2.61. The largest absolute Gasteiger partial charge is 0.370 e. The number of benzene rings is 1. The quantitative estimate of drug-likeness (QED) is 0.830. The van der Waals surface area contributed by atoms with E-state index >= 15 is 0 Å². The molecule has 5 fully saturated rings. The summed E-state index contributed by atoms with van der Waals surface area (Å²) in [4.78, 5) is 15.5. The van der Waals surface area contributed by atoms with Crippen molar-refractivity contribution in [3.05, 3.63) is 35.9 Å². The zero-order valence-electron chi connectivity index (χ0n) is 14.3. The van der Waals surface area contributed by atoms with Crippen LogP contribution in [0.5, 0.6) is 0 Å². The number of hydrogen-bond donors (Lipinski definition) is 0. The number of ether oxygens (including phenoxy) is 1. The lowest BCUT2D eigenvalue weighted by atomic mass is 9.51. The molecule has 0 N–H and O–H groups in total. The predicted octanol–water partition coefficient (Wildman–Crippen LogP) is 3.66. The first-order valence-electron chi connectivity index (χ1n) is 9.73. The zero-order valence-corrected chi connectivity index (χ0v) is 14.3. The molecule has 1 aromatic rings. The third-order valence-electron chi connectivity index (χ3n) is 7.06.